The summed E-state index contributed by atoms with van der Waals surface area (Å²) >= 11 is 3.60. The van der Waals surface area contributed by atoms with Crippen LogP contribution in [0.4, 0.5) is 5.82 Å². The minimum absolute atomic E-state index is 0.764. The van der Waals surface area contributed by atoms with Gasteiger partial charge in [0, 0.05) is 22.6 Å². The normalized spacial score (nSPS) is 10.9. The number of aromatic nitrogens is 2. The molecule has 18 heavy (non-hydrogen) atoms. The van der Waals surface area contributed by atoms with E-state index in [0.29, 0.717) is 0 Å². The summed E-state index contributed by atoms with van der Waals surface area (Å²) in [5, 5.41) is 4.56. The second-order valence-electron chi connectivity index (χ2n) is 4.57. The monoisotopic (exact) mass is 307 g/mol. The third-order valence-electron chi connectivity index (χ3n) is 3.07. The first-order valence-electron chi connectivity index (χ1n) is 6.12. The number of halogens is 1. The van der Waals surface area contributed by atoms with Gasteiger partial charge in [0.25, 0.3) is 0 Å². The van der Waals surface area contributed by atoms with Gasteiger partial charge in [-0.25, -0.2) is 0 Å². The highest BCUT2D eigenvalue weighted by atomic mass is 79.9. The van der Waals surface area contributed by atoms with Crippen LogP contribution in [0.5, 0.6) is 0 Å². The SMILES string of the molecule is CCCc1c(-c2cc(C)ccc2Br)nn(C)c1N. The van der Waals surface area contributed by atoms with Crippen LogP contribution in [-0.4, -0.2) is 9.78 Å². The van der Waals surface area contributed by atoms with E-state index in [1.807, 2.05) is 7.05 Å². The second kappa shape index (κ2) is 5.14. The smallest absolute Gasteiger partial charge is 0.125 e. The molecule has 0 aliphatic heterocycles. The number of hydrogen-bond donors (Lipinski definition) is 1. The minimum Gasteiger partial charge on any atom is -0.384 e. The maximum atomic E-state index is 6.10. The number of anilines is 1. The summed E-state index contributed by atoms with van der Waals surface area (Å²) < 4.78 is 2.82. The molecule has 0 saturated carbocycles. The Morgan fingerprint density at radius 3 is 2.78 bits per heavy atom. The van der Waals surface area contributed by atoms with Crippen LogP contribution in [0.1, 0.15) is 24.5 Å². The van der Waals surface area contributed by atoms with E-state index in [1.54, 1.807) is 4.68 Å². The average Bonchev–Trinajstić information content (AvgIpc) is 2.61. The second-order valence-corrected chi connectivity index (χ2v) is 5.42. The predicted octanol–water partition coefficient (Wildman–Crippen LogP) is 3.69. The van der Waals surface area contributed by atoms with Crippen molar-refractivity contribution in [1.29, 1.82) is 0 Å². The van der Waals surface area contributed by atoms with E-state index in [2.05, 4.69) is 53.1 Å². The number of nitrogens with zero attached hydrogens (tertiary/aromatic N) is 2. The first-order chi connectivity index (χ1) is 8.54. The molecule has 0 atom stereocenters. The van der Waals surface area contributed by atoms with Crippen molar-refractivity contribution in [3.63, 3.8) is 0 Å². The largest absolute Gasteiger partial charge is 0.384 e. The highest BCUT2D eigenvalue weighted by molar-refractivity contribution is 9.10. The Bertz CT molecular complexity index is 573. The lowest BCUT2D eigenvalue weighted by molar-refractivity contribution is 0.781. The number of hydrogen-bond acceptors (Lipinski definition) is 2. The number of aryl methyl sites for hydroxylation is 2. The van der Waals surface area contributed by atoms with Gasteiger partial charge in [0.2, 0.25) is 0 Å². The third-order valence-corrected chi connectivity index (χ3v) is 3.76. The molecule has 0 saturated heterocycles. The van der Waals surface area contributed by atoms with E-state index >= 15 is 0 Å². The summed E-state index contributed by atoms with van der Waals surface area (Å²) in [4.78, 5) is 0. The Morgan fingerprint density at radius 2 is 2.11 bits per heavy atom. The van der Waals surface area contributed by atoms with Crippen LogP contribution in [0, 0.1) is 6.92 Å². The third kappa shape index (κ3) is 2.29. The van der Waals surface area contributed by atoms with Crippen molar-refractivity contribution in [1.82, 2.24) is 9.78 Å². The molecular formula is C14H18BrN3. The predicted molar refractivity (Wildman–Crippen MR) is 79.5 cm³/mol. The molecule has 1 heterocycles. The van der Waals surface area contributed by atoms with Crippen LogP contribution in [0.25, 0.3) is 11.3 Å². The van der Waals surface area contributed by atoms with Gasteiger partial charge in [-0.2, -0.15) is 5.10 Å². The zero-order chi connectivity index (χ0) is 13.3. The Labute approximate surface area is 116 Å². The molecule has 1 aromatic heterocycles. The lowest BCUT2D eigenvalue weighted by atomic mass is 10.0. The van der Waals surface area contributed by atoms with Gasteiger partial charge in [-0.1, -0.05) is 40.9 Å². The molecule has 0 amide bonds. The van der Waals surface area contributed by atoms with Gasteiger partial charge in [-0.3, -0.25) is 4.68 Å². The van der Waals surface area contributed by atoms with Gasteiger partial charge >= 0.3 is 0 Å². The fourth-order valence-corrected chi connectivity index (χ4v) is 2.55. The molecule has 1 aromatic carbocycles. The molecule has 2 aromatic rings. The first kappa shape index (κ1) is 13.1. The Balaban J connectivity index is 2.63. The standard InChI is InChI=1S/C14H18BrN3/c1-4-5-10-13(17-18(3)14(10)16)11-8-9(2)6-7-12(11)15/h6-8H,4-5,16H2,1-3H3. The Hall–Kier alpha value is -1.29. The molecule has 0 aliphatic carbocycles. The zero-order valence-corrected chi connectivity index (χ0v) is 12.6. The highest BCUT2D eigenvalue weighted by Crippen LogP contribution is 2.33. The first-order valence-corrected chi connectivity index (χ1v) is 6.91. The van der Waals surface area contributed by atoms with Gasteiger partial charge in [0.05, 0.1) is 5.69 Å². The fourth-order valence-electron chi connectivity index (χ4n) is 2.11. The maximum Gasteiger partial charge on any atom is 0.125 e. The number of nitrogen functional groups attached to an aromatic ring is 1. The molecule has 0 unspecified atom stereocenters. The van der Waals surface area contributed by atoms with Gasteiger partial charge in [-0.05, 0) is 25.5 Å². The lowest BCUT2D eigenvalue weighted by Crippen LogP contribution is -1.99. The topological polar surface area (TPSA) is 43.8 Å². The van der Waals surface area contributed by atoms with Crippen LogP contribution < -0.4 is 5.73 Å². The van der Waals surface area contributed by atoms with Crippen molar-refractivity contribution >= 4 is 21.7 Å². The Kier molecular flexibility index (Phi) is 3.76. The average molecular weight is 308 g/mol. The lowest BCUT2D eigenvalue weighted by Gasteiger charge is -2.06. The summed E-state index contributed by atoms with van der Waals surface area (Å²) in [6.45, 7) is 4.24. The number of benzene rings is 1. The molecule has 3 nitrogen and oxygen atoms in total. The van der Waals surface area contributed by atoms with Gasteiger partial charge in [-0.15, -0.1) is 0 Å². The summed E-state index contributed by atoms with van der Waals surface area (Å²) in [6, 6.07) is 6.29. The molecule has 0 radical (unpaired) electrons. The van der Waals surface area contributed by atoms with E-state index in [4.69, 9.17) is 5.73 Å². The number of rotatable bonds is 3. The van der Waals surface area contributed by atoms with Crippen LogP contribution in [-0.2, 0) is 13.5 Å². The fraction of sp³-hybridized carbons (Fsp3) is 0.357. The van der Waals surface area contributed by atoms with Crippen LogP contribution in [0.15, 0.2) is 22.7 Å². The molecule has 2 N–H and O–H groups in total. The summed E-state index contributed by atoms with van der Waals surface area (Å²) in [6.07, 6.45) is 2.02. The van der Waals surface area contributed by atoms with E-state index in [-0.39, 0.29) is 0 Å². The van der Waals surface area contributed by atoms with Crippen molar-refractivity contribution < 1.29 is 0 Å². The molecular weight excluding hydrogens is 290 g/mol. The molecule has 0 bridgehead atoms. The summed E-state index contributed by atoms with van der Waals surface area (Å²) in [7, 11) is 1.89. The van der Waals surface area contributed by atoms with Crippen molar-refractivity contribution in [3.05, 3.63) is 33.8 Å². The van der Waals surface area contributed by atoms with Gasteiger partial charge in [0.15, 0.2) is 0 Å². The molecule has 0 fully saturated rings. The van der Waals surface area contributed by atoms with Crippen molar-refractivity contribution in [2.45, 2.75) is 26.7 Å². The molecule has 2 rings (SSSR count). The molecule has 0 aliphatic rings. The summed E-state index contributed by atoms with van der Waals surface area (Å²) in [5.41, 5.74) is 10.6. The van der Waals surface area contributed by atoms with E-state index < -0.39 is 0 Å². The van der Waals surface area contributed by atoms with Crippen LogP contribution in [0.3, 0.4) is 0 Å². The van der Waals surface area contributed by atoms with E-state index in [1.165, 1.54) is 5.56 Å². The summed E-state index contributed by atoms with van der Waals surface area (Å²) in [5.74, 6) is 0.764. The van der Waals surface area contributed by atoms with Gasteiger partial charge < -0.3 is 5.73 Å². The minimum atomic E-state index is 0.764. The number of nitrogens with two attached hydrogens (primary N) is 1. The van der Waals surface area contributed by atoms with Crippen molar-refractivity contribution in [2.24, 2.45) is 7.05 Å². The quantitative estimate of drug-likeness (QED) is 0.939. The van der Waals surface area contributed by atoms with E-state index in [9.17, 15) is 0 Å². The Morgan fingerprint density at radius 1 is 1.39 bits per heavy atom. The van der Waals surface area contributed by atoms with Crippen LogP contribution in [0.2, 0.25) is 0 Å². The molecule has 0 spiro atoms. The van der Waals surface area contributed by atoms with E-state index in [0.717, 1.165) is 40.0 Å². The zero-order valence-electron chi connectivity index (χ0n) is 11.0. The van der Waals surface area contributed by atoms with Crippen molar-refractivity contribution in [2.75, 3.05) is 5.73 Å². The van der Waals surface area contributed by atoms with Crippen LogP contribution >= 0.6 is 15.9 Å². The maximum absolute atomic E-state index is 6.10. The highest BCUT2D eigenvalue weighted by Gasteiger charge is 2.16. The van der Waals surface area contributed by atoms with Crippen molar-refractivity contribution in [3.8, 4) is 11.3 Å². The molecule has 96 valence electrons. The molecule has 4 heteroatoms. The van der Waals surface area contributed by atoms with Gasteiger partial charge in [0.1, 0.15) is 5.82 Å².